The van der Waals surface area contributed by atoms with E-state index in [4.69, 9.17) is 5.73 Å². The van der Waals surface area contributed by atoms with Crippen molar-refractivity contribution in [1.82, 2.24) is 10.2 Å². The minimum Gasteiger partial charge on any atom is -0.329 e. The topological polar surface area (TPSA) is 54.7 Å². The number of nitrogens with two attached hydrogens (primary N) is 1. The van der Waals surface area contributed by atoms with Crippen LogP contribution in [-0.4, -0.2) is 16.7 Å². The van der Waals surface area contributed by atoms with E-state index in [1.165, 1.54) is 5.56 Å². The SMILES string of the molecule is NCC(c1ccccc1)c1ccn[nH]1. The first-order valence-corrected chi connectivity index (χ1v) is 4.66. The molecule has 1 heterocycles. The molecule has 0 radical (unpaired) electrons. The second-order valence-electron chi connectivity index (χ2n) is 3.21. The van der Waals surface area contributed by atoms with Gasteiger partial charge in [-0.05, 0) is 11.6 Å². The molecular weight excluding hydrogens is 174 g/mol. The molecule has 0 bridgehead atoms. The standard InChI is InChI=1S/C11H13N3/c12-8-10(11-6-7-13-14-11)9-4-2-1-3-5-9/h1-7,10H,8,12H2,(H,13,14). The molecular formula is C11H13N3. The molecule has 3 nitrogen and oxygen atoms in total. The molecule has 1 unspecified atom stereocenters. The summed E-state index contributed by atoms with van der Waals surface area (Å²) in [5, 5.41) is 6.89. The Labute approximate surface area is 83.0 Å². The lowest BCUT2D eigenvalue weighted by atomic mass is 9.96. The summed E-state index contributed by atoms with van der Waals surface area (Å²) in [5.74, 6) is 0.221. The van der Waals surface area contributed by atoms with Crippen LogP contribution < -0.4 is 5.73 Å². The highest BCUT2D eigenvalue weighted by molar-refractivity contribution is 5.27. The third-order valence-electron chi connectivity index (χ3n) is 2.34. The van der Waals surface area contributed by atoms with Gasteiger partial charge < -0.3 is 5.73 Å². The summed E-state index contributed by atoms with van der Waals surface area (Å²) in [7, 11) is 0. The predicted octanol–water partition coefficient (Wildman–Crippen LogP) is 1.50. The van der Waals surface area contributed by atoms with Crippen molar-refractivity contribution in [2.75, 3.05) is 6.54 Å². The number of hydrogen-bond donors (Lipinski definition) is 2. The molecule has 0 amide bonds. The van der Waals surface area contributed by atoms with E-state index < -0.39 is 0 Å². The van der Waals surface area contributed by atoms with Crippen LogP contribution in [0.4, 0.5) is 0 Å². The highest BCUT2D eigenvalue weighted by Gasteiger charge is 2.12. The first-order valence-electron chi connectivity index (χ1n) is 4.66. The van der Waals surface area contributed by atoms with Crippen molar-refractivity contribution in [1.29, 1.82) is 0 Å². The van der Waals surface area contributed by atoms with Crippen molar-refractivity contribution in [3.63, 3.8) is 0 Å². The Kier molecular flexibility index (Phi) is 2.60. The van der Waals surface area contributed by atoms with Crippen molar-refractivity contribution < 1.29 is 0 Å². The van der Waals surface area contributed by atoms with Crippen molar-refractivity contribution in [2.24, 2.45) is 5.73 Å². The highest BCUT2D eigenvalue weighted by Crippen LogP contribution is 2.20. The lowest BCUT2D eigenvalue weighted by Gasteiger charge is -2.12. The average Bonchev–Trinajstić information content (AvgIpc) is 2.74. The Hall–Kier alpha value is -1.61. The molecule has 1 aromatic carbocycles. The van der Waals surface area contributed by atoms with E-state index in [-0.39, 0.29) is 5.92 Å². The van der Waals surface area contributed by atoms with Crippen molar-refractivity contribution in [3.05, 3.63) is 53.9 Å². The fourth-order valence-electron chi connectivity index (χ4n) is 1.59. The van der Waals surface area contributed by atoms with E-state index in [1.54, 1.807) is 6.20 Å². The van der Waals surface area contributed by atoms with Crippen LogP contribution in [0.5, 0.6) is 0 Å². The average molecular weight is 187 g/mol. The number of nitrogens with zero attached hydrogens (tertiary/aromatic N) is 1. The largest absolute Gasteiger partial charge is 0.329 e. The minimum atomic E-state index is 0.221. The van der Waals surface area contributed by atoms with Gasteiger partial charge in [0.1, 0.15) is 0 Å². The summed E-state index contributed by atoms with van der Waals surface area (Å²) in [5.41, 5.74) is 8.04. The predicted molar refractivity (Wildman–Crippen MR) is 55.9 cm³/mol. The van der Waals surface area contributed by atoms with E-state index in [0.29, 0.717) is 6.54 Å². The van der Waals surface area contributed by atoms with Gasteiger partial charge in [-0.2, -0.15) is 5.10 Å². The number of H-pyrrole nitrogens is 1. The molecule has 3 N–H and O–H groups in total. The Morgan fingerprint density at radius 2 is 2.00 bits per heavy atom. The molecule has 0 fully saturated rings. The number of aromatic amines is 1. The van der Waals surface area contributed by atoms with Gasteiger partial charge in [0, 0.05) is 24.4 Å². The molecule has 1 atom stereocenters. The smallest absolute Gasteiger partial charge is 0.0490 e. The van der Waals surface area contributed by atoms with Gasteiger partial charge in [0.2, 0.25) is 0 Å². The summed E-state index contributed by atoms with van der Waals surface area (Å²) in [4.78, 5) is 0. The summed E-state index contributed by atoms with van der Waals surface area (Å²) >= 11 is 0. The van der Waals surface area contributed by atoms with Crippen LogP contribution in [0, 0.1) is 0 Å². The normalized spacial score (nSPS) is 12.6. The third kappa shape index (κ3) is 1.67. The van der Waals surface area contributed by atoms with Crippen LogP contribution in [0.3, 0.4) is 0 Å². The van der Waals surface area contributed by atoms with Gasteiger partial charge in [-0.25, -0.2) is 0 Å². The fourth-order valence-corrected chi connectivity index (χ4v) is 1.59. The zero-order chi connectivity index (χ0) is 9.80. The molecule has 2 aromatic rings. The van der Waals surface area contributed by atoms with Crippen molar-refractivity contribution in [3.8, 4) is 0 Å². The van der Waals surface area contributed by atoms with Gasteiger partial charge in [-0.15, -0.1) is 0 Å². The Morgan fingerprint density at radius 1 is 1.21 bits per heavy atom. The van der Waals surface area contributed by atoms with Gasteiger partial charge >= 0.3 is 0 Å². The van der Waals surface area contributed by atoms with Gasteiger partial charge in [0.05, 0.1) is 0 Å². The van der Waals surface area contributed by atoms with E-state index in [1.807, 2.05) is 24.3 Å². The first-order chi connectivity index (χ1) is 6.92. The van der Waals surface area contributed by atoms with E-state index >= 15 is 0 Å². The number of rotatable bonds is 3. The van der Waals surface area contributed by atoms with Crippen molar-refractivity contribution >= 4 is 0 Å². The maximum atomic E-state index is 5.75. The second-order valence-corrected chi connectivity index (χ2v) is 3.21. The third-order valence-corrected chi connectivity index (χ3v) is 2.34. The minimum absolute atomic E-state index is 0.221. The molecule has 72 valence electrons. The molecule has 0 aliphatic carbocycles. The second kappa shape index (κ2) is 4.07. The van der Waals surface area contributed by atoms with Crippen LogP contribution in [0.2, 0.25) is 0 Å². The van der Waals surface area contributed by atoms with Crippen LogP contribution in [-0.2, 0) is 0 Å². The number of hydrogen-bond acceptors (Lipinski definition) is 2. The van der Waals surface area contributed by atoms with Gasteiger partial charge in [-0.1, -0.05) is 30.3 Å². The Morgan fingerprint density at radius 3 is 2.57 bits per heavy atom. The van der Waals surface area contributed by atoms with Crippen LogP contribution in [0.1, 0.15) is 17.2 Å². The molecule has 3 heteroatoms. The maximum Gasteiger partial charge on any atom is 0.0490 e. The van der Waals surface area contributed by atoms with E-state index in [9.17, 15) is 0 Å². The van der Waals surface area contributed by atoms with Crippen molar-refractivity contribution in [2.45, 2.75) is 5.92 Å². The molecule has 0 aliphatic rings. The number of benzene rings is 1. The lowest BCUT2D eigenvalue weighted by Crippen LogP contribution is -2.14. The molecule has 0 saturated carbocycles. The van der Waals surface area contributed by atoms with Crippen LogP contribution >= 0.6 is 0 Å². The van der Waals surface area contributed by atoms with Crippen LogP contribution in [0.15, 0.2) is 42.6 Å². The highest BCUT2D eigenvalue weighted by atomic mass is 15.1. The Bertz CT molecular complexity index is 367. The monoisotopic (exact) mass is 187 g/mol. The molecule has 14 heavy (non-hydrogen) atoms. The summed E-state index contributed by atoms with van der Waals surface area (Å²) in [6.07, 6.45) is 1.75. The lowest BCUT2D eigenvalue weighted by molar-refractivity contribution is 0.779. The first kappa shape index (κ1) is 8.97. The number of aromatic nitrogens is 2. The summed E-state index contributed by atoms with van der Waals surface area (Å²) in [6, 6.07) is 12.2. The Balaban J connectivity index is 2.31. The maximum absolute atomic E-state index is 5.75. The quantitative estimate of drug-likeness (QED) is 0.765. The fraction of sp³-hybridized carbons (Fsp3) is 0.182. The van der Waals surface area contributed by atoms with E-state index in [2.05, 4.69) is 22.3 Å². The summed E-state index contributed by atoms with van der Waals surface area (Å²) in [6.45, 7) is 0.589. The van der Waals surface area contributed by atoms with Gasteiger partial charge in [0.25, 0.3) is 0 Å². The van der Waals surface area contributed by atoms with E-state index in [0.717, 1.165) is 5.69 Å². The van der Waals surface area contributed by atoms with Crippen LogP contribution in [0.25, 0.3) is 0 Å². The summed E-state index contributed by atoms with van der Waals surface area (Å²) < 4.78 is 0. The number of nitrogens with one attached hydrogen (secondary N) is 1. The molecule has 2 rings (SSSR count). The van der Waals surface area contributed by atoms with Gasteiger partial charge in [-0.3, -0.25) is 5.10 Å². The molecule has 0 saturated heterocycles. The molecule has 0 spiro atoms. The van der Waals surface area contributed by atoms with Gasteiger partial charge in [0.15, 0.2) is 0 Å². The molecule has 0 aliphatic heterocycles. The zero-order valence-corrected chi connectivity index (χ0v) is 7.85. The zero-order valence-electron chi connectivity index (χ0n) is 7.85. The molecule has 1 aromatic heterocycles.